The first kappa shape index (κ1) is 20.3. The Morgan fingerprint density at radius 1 is 1.19 bits per heavy atom. The zero-order valence-electron chi connectivity index (χ0n) is 16.4. The van der Waals surface area contributed by atoms with E-state index in [0.717, 1.165) is 45.6 Å². The molecule has 2 fully saturated rings. The summed E-state index contributed by atoms with van der Waals surface area (Å²) < 4.78 is 29.0. The lowest BCUT2D eigenvalue weighted by molar-refractivity contribution is -0.138. The quantitative estimate of drug-likeness (QED) is 0.711. The third kappa shape index (κ3) is 4.52. The van der Waals surface area contributed by atoms with Gasteiger partial charge >= 0.3 is 0 Å². The first-order chi connectivity index (χ1) is 13.0. The molecule has 2 saturated heterocycles. The summed E-state index contributed by atoms with van der Waals surface area (Å²) in [6.45, 7) is 9.85. The van der Waals surface area contributed by atoms with E-state index in [9.17, 15) is 13.2 Å². The lowest BCUT2D eigenvalue weighted by atomic mass is 9.98. The second kappa shape index (κ2) is 8.70. The van der Waals surface area contributed by atoms with Crippen LogP contribution < -0.4 is 0 Å². The molecule has 2 aliphatic rings. The van der Waals surface area contributed by atoms with Crippen LogP contribution in [0.3, 0.4) is 0 Å². The van der Waals surface area contributed by atoms with E-state index in [1.54, 1.807) is 10.8 Å². The van der Waals surface area contributed by atoms with Gasteiger partial charge in [0.25, 0.3) is 10.0 Å². The van der Waals surface area contributed by atoms with Gasteiger partial charge in [-0.05, 0) is 32.7 Å². The lowest BCUT2D eigenvalue weighted by Crippen LogP contribution is -2.53. The number of aryl methyl sites for hydroxylation is 1. The minimum Gasteiger partial charge on any atom is -0.340 e. The van der Waals surface area contributed by atoms with Crippen molar-refractivity contribution in [3.8, 4) is 0 Å². The molecule has 9 heteroatoms. The van der Waals surface area contributed by atoms with Crippen molar-refractivity contribution in [3.05, 3.63) is 12.5 Å². The molecule has 8 nitrogen and oxygen atoms in total. The number of imidazole rings is 1. The molecule has 0 aromatic carbocycles. The van der Waals surface area contributed by atoms with E-state index in [4.69, 9.17) is 0 Å². The van der Waals surface area contributed by atoms with Crippen molar-refractivity contribution in [2.45, 2.75) is 44.7 Å². The molecule has 0 unspecified atom stereocenters. The number of hydrogen-bond acceptors (Lipinski definition) is 5. The second-order valence-electron chi connectivity index (χ2n) is 7.41. The summed E-state index contributed by atoms with van der Waals surface area (Å²) in [6.07, 6.45) is 5.68. The minimum atomic E-state index is -3.64. The highest BCUT2D eigenvalue weighted by atomic mass is 32.2. The molecule has 3 heterocycles. The molecule has 0 N–H and O–H groups in total. The van der Waals surface area contributed by atoms with E-state index in [2.05, 4.69) is 16.8 Å². The van der Waals surface area contributed by atoms with E-state index in [1.165, 1.54) is 10.6 Å². The van der Waals surface area contributed by atoms with Gasteiger partial charge in [0.15, 0.2) is 5.03 Å². The molecule has 1 aromatic rings. The molecule has 0 radical (unpaired) electrons. The summed E-state index contributed by atoms with van der Waals surface area (Å²) in [6, 6.07) is 0. The number of amides is 1. The summed E-state index contributed by atoms with van der Waals surface area (Å²) in [4.78, 5) is 21.3. The molecule has 152 valence electrons. The number of piperazine rings is 1. The van der Waals surface area contributed by atoms with Gasteiger partial charge in [0.2, 0.25) is 5.91 Å². The second-order valence-corrected chi connectivity index (χ2v) is 9.30. The van der Waals surface area contributed by atoms with E-state index in [-0.39, 0.29) is 23.4 Å². The van der Waals surface area contributed by atoms with Crippen LogP contribution >= 0.6 is 0 Å². The average molecular weight is 398 g/mol. The topological polar surface area (TPSA) is 78.8 Å². The Morgan fingerprint density at radius 2 is 1.93 bits per heavy atom. The zero-order chi connectivity index (χ0) is 19.4. The molecular formula is C18H31N5O3S. The zero-order valence-corrected chi connectivity index (χ0v) is 17.2. The standard InChI is InChI=1S/C18H31N5O3S/c1-3-7-21-9-11-22(12-10-21)18(24)16-6-5-8-23(13-16)27(25,26)17-14-20(4-2)15-19-17/h14-16H,3-13H2,1-2H3/t16-/m1/s1. The van der Waals surface area contributed by atoms with Crippen molar-refractivity contribution in [2.24, 2.45) is 5.92 Å². The summed E-state index contributed by atoms with van der Waals surface area (Å²) >= 11 is 0. The van der Waals surface area contributed by atoms with Crippen LogP contribution in [-0.2, 0) is 21.4 Å². The molecule has 2 aliphatic heterocycles. The van der Waals surface area contributed by atoms with E-state index < -0.39 is 10.0 Å². The van der Waals surface area contributed by atoms with Crippen molar-refractivity contribution >= 4 is 15.9 Å². The molecule has 0 aliphatic carbocycles. The molecule has 1 aromatic heterocycles. The van der Waals surface area contributed by atoms with Gasteiger partial charge in [-0.1, -0.05) is 6.92 Å². The summed E-state index contributed by atoms with van der Waals surface area (Å²) in [5.74, 6) is -0.148. The van der Waals surface area contributed by atoms with Crippen LogP contribution in [-0.4, -0.2) is 83.8 Å². The molecule has 0 bridgehead atoms. The van der Waals surface area contributed by atoms with E-state index in [0.29, 0.717) is 19.5 Å². The Hall–Kier alpha value is -1.45. The van der Waals surface area contributed by atoms with Crippen molar-refractivity contribution in [2.75, 3.05) is 45.8 Å². The number of piperidine rings is 1. The van der Waals surface area contributed by atoms with Gasteiger partial charge in [-0.2, -0.15) is 4.31 Å². The summed E-state index contributed by atoms with van der Waals surface area (Å²) in [5, 5.41) is 0.0747. The van der Waals surface area contributed by atoms with Gasteiger partial charge in [-0.3, -0.25) is 9.69 Å². The van der Waals surface area contributed by atoms with Crippen molar-refractivity contribution in [1.82, 2.24) is 23.7 Å². The predicted molar refractivity (Wildman–Crippen MR) is 103 cm³/mol. The first-order valence-corrected chi connectivity index (χ1v) is 11.4. The summed E-state index contributed by atoms with van der Waals surface area (Å²) in [5.41, 5.74) is 0. The van der Waals surface area contributed by atoms with E-state index in [1.807, 2.05) is 11.8 Å². The molecule has 0 spiro atoms. The number of rotatable bonds is 6. The Bertz CT molecular complexity index is 740. The first-order valence-electron chi connectivity index (χ1n) is 9.98. The maximum Gasteiger partial charge on any atom is 0.262 e. The van der Waals surface area contributed by atoms with Gasteiger partial charge in [0.1, 0.15) is 0 Å². The molecule has 0 saturated carbocycles. The molecule has 1 atom stereocenters. The van der Waals surface area contributed by atoms with Gasteiger partial charge in [0.05, 0.1) is 12.2 Å². The monoisotopic (exact) mass is 397 g/mol. The fourth-order valence-corrected chi connectivity index (χ4v) is 5.37. The van der Waals surface area contributed by atoms with Crippen LogP contribution in [0.2, 0.25) is 0 Å². The van der Waals surface area contributed by atoms with Gasteiger partial charge in [-0.15, -0.1) is 0 Å². The highest BCUT2D eigenvalue weighted by Gasteiger charge is 2.36. The van der Waals surface area contributed by atoms with Crippen molar-refractivity contribution in [3.63, 3.8) is 0 Å². The Labute approximate surface area is 162 Å². The van der Waals surface area contributed by atoms with Gasteiger partial charge in [-0.25, -0.2) is 13.4 Å². The maximum absolute atomic E-state index is 12.9. The molecule has 3 rings (SSSR count). The fourth-order valence-electron chi connectivity index (χ4n) is 3.91. The van der Waals surface area contributed by atoms with Crippen molar-refractivity contribution < 1.29 is 13.2 Å². The maximum atomic E-state index is 12.9. The highest BCUT2D eigenvalue weighted by molar-refractivity contribution is 7.89. The molecule has 27 heavy (non-hydrogen) atoms. The highest BCUT2D eigenvalue weighted by Crippen LogP contribution is 2.24. The third-order valence-corrected chi connectivity index (χ3v) is 7.29. The van der Waals surface area contributed by atoms with E-state index >= 15 is 0 Å². The van der Waals surface area contributed by atoms with Crippen LogP contribution in [0.15, 0.2) is 17.6 Å². The number of carbonyl (C=O) groups is 1. The molecule has 1 amide bonds. The largest absolute Gasteiger partial charge is 0.340 e. The normalized spacial score (nSPS) is 22.9. The number of sulfonamides is 1. The Morgan fingerprint density at radius 3 is 2.56 bits per heavy atom. The fraction of sp³-hybridized carbons (Fsp3) is 0.778. The Balaban J connectivity index is 1.63. The number of nitrogens with zero attached hydrogens (tertiary/aromatic N) is 5. The minimum absolute atomic E-state index is 0.0747. The third-order valence-electron chi connectivity index (χ3n) is 5.54. The van der Waals surface area contributed by atoms with Crippen molar-refractivity contribution in [1.29, 1.82) is 0 Å². The number of hydrogen-bond donors (Lipinski definition) is 0. The van der Waals surface area contributed by atoms with Crippen LogP contribution in [0.1, 0.15) is 33.1 Å². The van der Waals surface area contributed by atoms with Gasteiger partial charge < -0.3 is 9.47 Å². The average Bonchev–Trinajstić information content (AvgIpc) is 3.18. The van der Waals surface area contributed by atoms with Crippen LogP contribution in [0.4, 0.5) is 0 Å². The van der Waals surface area contributed by atoms with Gasteiger partial charge in [0, 0.05) is 52.0 Å². The number of carbonyl (C=O) groups excluding carboxylic acids is 1. The number of aromatic nitrogens is 2. The van der Waals surface area contributed by atoms with Crippen LogP contribution in [0.25, 0.3) is 0 Å². The Kier molecular flexibility index (Phi) is 6.54. The lowest BCUT2D eigenvalue weighted by Gasteiger charge is -2.38. The smallest absolute Gasteiger partial charge is 0.262 e. The van der Waals surface area contributed by atoms with Crippen LogP contribution in [0.5, 0.6) is 0 Å². The summed E-state index contributed by atoms with van der Waals surface area (Å²) in [7, 11) is -3.64. The molecular weight excluding hydrogens is 366 g/mol. The van der Waals surface area contributed by atoms with Crippen LogP contribution in [0, 0.1) is 5.92 Å². The SMILES string of the molecule is CCCN1CCN(C(=O)[C@@H]2CCCN(S(=O)(=O)c3cn(CC)cn3)C2)CC1. The predicted octanol–water partition coefficient (Wildman–Crippen LogP) is 0.858.